The largest absolute Gasteiger partial charge is 0.457 e. The van der Waals surface area contributed by atoms with Gasteiger partial charge in [-0.1, -0.05) is 62.4 Å². The summed E-state index contributed by atoms with van der Waals surface area (Å²) in [6.07, 6.45) is 12.1. The fourth-order valence-electron chi connectivity index (χ4n) is 6.50. The number of nitrogens with one attached hydrogen (secondary N) is 1. The van der Waals surface area contributed by atoms with Crippen LogP contribution < -0.4 is 10.1 Å². The van der Waals surface area contributed by atoms with E-state index in [-0.39, 0.29) is 17.9 Å². The summed E-state index contributed by atoms with van der Waals surface area (Å²) in [6, 6.07) is 14.4. The maximum Gasteiger partial charge on any atom is 0.232 e. The van der Waals surface area contributed by atoms with Crippen LogP contribution in [0.25, 0.3) is 0 Å². The molecular formula is C30H41N2O2+. The van der Waals surface area contributed by atoms with Crippen molar-refractivity contribution in [2.45, 2.75) is 76.7 Å². The first-order chi connectivity index (χ1) is 16.5. The zero-order chi connectivity index (χ0) is 23.5. The summed E-state index contributed by atoms with van der Waals surface area (Å²) >= 11 is 0. The van der Waals surface area contributed by atoms with Gasteiger partial charge in [-0.25, -0.2) is 0 Å². The maximum absolute atomic E-state index is 13.7. The minimum atomic E-state index is -0.307. The van der Waals surface area contributed by atoms with Crippen LogP contribution in [0.1, 0.15) is 80.4 Å². The summed E-state index contributed by atoms with van der Waals surface area (Å²) in [5, 5.41) is 3.44. The number of likely N-dealkylation sites (tertiary alicyclic amines) is 1. The Bertz CT molecular complexity index is 1000. The minimum Gasteiger partial charge on any atom is -0.457 e. The van der Waals surface area contributed by atoms with Crippen molar-refractivity contribution in [2.24, 2.45) is 5.92 Å². The predicted molar refractivity (Wildman–Crippen MR) is 137 cm³/mol. The molecule has 34 heavy (non-hydrogen) atoms. The van der Waals surface area contributed by atoms with Crippen LogP contribution in [0.15, 0.2) is 42.5 Å². The Balaban J connectivity index is 1.24. The van der Waals surface area contributed by atoms with Crippen LogP contribution in [-0.4, -0.2) is 43.1 Å². The van der Waals surface area contributed by atoms with Gasteiger partial charge in [-0.2, -0.15) is 0 Å². The number of carbonyl (C=O) groups is 1. The van der Waals surface area contributed by atoms with E-state index >= 15 is 0 Å². The van der Waals surface area contributed by atoms with Crippen molar-refractivity contribution < 1.29 is 14.0 Å². The van der Waals surface area contributed by atoms with Gasteiger partial charge >= 0.3 is 0 Å². The van der Waals surface area contributed by atoms with Crippen LogP contribution in [0, 0.1) is 12.8 Å². The number of para-hydroxylation sites is 1. The summed E-state index contributed by atoms with van der Waals surface area (Å²) in [6.45, 7) is 5.72. The first kappa shape index (κ1) is 23.4. The molecule has 1 aliphatic carbocycles. The van der Waals surface area contributed by atoms with E-state index in [9.17, 15) is 4.79 Å². The summed E-state index contributed by atoms with van der Waals surface area (Å²) in [5.41, 5.74) is 3.09. The van der Waals surface area contributed by atoms with Crippen LogP contribution in [0.5, 0.6) is 11.5 Å². The van der Waals surface area contributed by atoms with Crippen LogP contribution >= 0.6 is 0 Å². The number of hydrogen-bond acceptors (Lipinski definition) is 2. The number of nitrogens with zero attached hydrogens (tertiary/aromatic N) is 1. The molecule has 1 saturated carbocycles. The van der Waals surface area contributed by atoms with Crippen molar-refractivity contribution >= 4 is 5.91 Å². The van der Waals surface area contributed by atoms with Crippen LogP contribution in [0.3, 0.4) is 0 Å². The molecule has 0 spiro atoms. The van der Waals surface area contributed by atoms with Gasteiger partial charge in [-0.15, -0.1) is 0 Å². The van der Waals surface area contributed by atoms with E-state index in [1.165, 1.54) is 69.1 Å². The van der Waals surface area contributed by atoms with Gasteiger partial charge in [0.15, 0.2) is 0 Å². The number of hydrogen-bond donors (Lipinski definition) is 1. The van der Waals surface area contributed by atoms with E-state index in [1.807, 2.05) is 30.3 Å². The molecule has 2 fully saturated rings. The second-order valence-corrected chi connectivity index (χ2v) is 11.4. The highest BCUT2D eigenvalue weighted by atomic mass is 16.5. The predicted octanol–water partition coefficient (Wildman–Crippen LogP) is 6.32. The van der Waals surface area contributed by atoms with E-state index in [2.05, 4.69) is 31.4 Å². The number of rotatable bonds is 4. The van der Waals surface area contributed by atoms with Gasteiger partial charge in [0.1, 0.15) is 11.5 Å². The first-order valence-corrected chi connectivity index (χ1v) is 13.5. The third-order valence-electron chi connectivity index (χ3n) is 8.50. The lowest BCUT2D eigenvalue weighted by molar-refractivity contribution is -0.917. The molecule has 4 nitrogen and oxygen atoms in total. The number of piperidine rings is 1. The van der Waals surface area contributed by atoms with Gasteiger partial charge < -0.3 is 14.5 Å². The summed E-state index contributed by atoms with van der Waals surface area (Å²) in [4.78, 5) is 13.7. The number of ether oxygens (including phenoxy) is 1. The number of aryl methyl sites for hydroxylation is 1. The molecule has 1 unspecified atom stereocenters. The minimum absolute atomic E-state index is 0.113. The Morgan fingerprint density at radius 2 is 1.59 bits per heavy atom. The first-order valence-electron chi connectivity index (χ1n) is 13.5. The third kappa shape index (κ3) is 5.17. The van der Waals surface area contributed by atoms with Crippen molar-refractivity contribution in [3.05, 3.63) is 59.2 Å². The van der Waals surface area contributed by atoms with Crippen LogP contribution in [0.4, 0.5) is 0 Å². The lowest BCUT2D eigenvalue weighted by atomic mass is 9.86. The topological polar surface area (TPSA) is 38.3 Å². The van der Waals surface area contributed by atoms with Gasteiger partial charge in [0.05, 0.1) is 32.6 Å². The average molecular weight is 462 g/mol. The summed E-state index contributed by atoms with van der Waals surface area (Å²) in [5.74, 6) is 2.30. The van der Waals surface area contributed by atoms with E-state index in [0.29, 0.717) is 0 Å². The molecular weight excluding hydrogens is 420 g/mol. The van der Waals surface area contributed by atoms with Crippen LogP contribution in [-0.2, 0) is 4.79 Å². The Labute approximate surface area is 205 Å². The van der Waals surface area contributed by atoms with Crippen molar-refractivity contribution in [3.8, 4) is 11.5 Å². The van der Waals surface area contributed by atoms with Crippen molar-refractivity contribution in [1.29, 1.82) is 0 Å². The number of benzene rings is 2. The molecule has 182 valence electrons. The van der Waals surface area contributed by atoms with Crippen molar-refractivity contribution in [2.75, 3.05) is 26.7 Å². The van der Waals surface area contributed by atoms with E-state index < -0.39 is 0 Å². The van der Waals surface area contributed by atoms with Crippen LogP contribution in [0.2, 0.25) is 0 Å². The molecule has 0 aromatic heterocycles. The molecule has 3 aliphatic rings. The van der Waals surface area contributed by atoms with E-state index in [1.54, 1.807) is 0 Å². The van der Waals surface area contributed by atoms with E-state index in [0.717, 1.165) is 46.9 Å². The smallest absolute Gasteiger partial charge is 0.232 e. The zero-order valence-corrected chi connectivity index (χ0v) is 21.0. The zero-order valence-electron chi connectivity index (χ0n) is 21.0. The Morgan fingerprint density at radius 3 is 2.35 bits per heavy atom. The van der Waals surface area contributed by atoms with Crippen molar-refractivity contribution in [3.63, 3.8) is 0 Å². The monoisotopic (exact) mass is 461 g/mol. The lowest BCUT2D eigenvalue weighted by Crippen LogP contribution is -2.56. The maximum atomic E-state index is 13.7. The van der Waals surface area contributed by atoms with Gasteiger partial charge in [0, 0.05) is 35.9 Å². The quantitative estimate of drug-likeness (QED) is 0.541. The molecule has 0 radical (unpaired) electrons. The summed E-state index contributed by atoms with van der Waals surface area (Å²) < 4.78 is 7.34. The van der Waals surface area contributed by atoms with Gasteiger partial charge in [0.2, 0.25) is 5.91 Å². The van der Waals surface area contributed by atoms with E-state index in [4.69, 9.17) is 4.74 Å². The second-order valence-electron chi connectivity index (χ2n) is 11.4. The average Bonchev–Trinajstić information content (AvgIpc) is 2.80. The Morgan fingerprint density at radius 1 is 0.912 bits per heavy atom. The fourth-order valence-corrected chi connectivity index (χ4v) is 6.50. The van der Waals surface area contributed by atoms with Gasteiger partial charge in [0.25, 0.3) is 0 Å². The molecule has 1 atom stereocenters. The molecule has 4 heteroatoms. The third-order valence-corrected chi connectivity index (χ3v) is 8.50. The standard InChI is InChI=1S/C30H40N2O2/c1-22-14-15-26-28(20-22)34-27-13-9-8-12-25(27)29(26)30(33)31-24-16-18-32(2,19-17-24)21-23-10-6-4-3-5-7-11-23/h8-9,12-15,20,23-24,29H,3-7,10-11,16-19,21H2,1-2H3/p+1. The highest BCUT2D eigenvalue weighted by Crippen LogP contribution is 2.44. The van der Waals surface area contributed by atoms with Gasteiger partial charge in [-0.3, -0.25) is 4.79 Å². The number of carbonyl (C=O) groups excluding carboxylic acids is 1. The highest BCUT2D eigenvalue weighted by molar-refractivity contribution is 5.89. The molecule has 1 saturated heterocycles. The second kappa shape index (κ2) is 10.1. The molecule has 5 rings (SSSR count). The normalized spacial score (nSPS) is 27.5. The van der Waals surface area contributed by atoms with Gasteiger partial charge in [-0.05, 0) is 37.5 Å². The molecule has 1 N–H and O–H groups in total. The number of quaternary nitrogens is 1. The summed E-state index contributed by atoms with van der Waals surface area (Å²) in [7, 11) is 2.45. The number of fused-ring (bicyclic) bond motifs is 2. The Kier molecular flexibility index (Phi) is 6.96. The molecule has 2 aromatic carbocycles. The lowest BCUT2D eigenvalue weighted by Gasteiger charge is -2.43. The highest BCUT2D eigenvalue weighted by Gasteiger charge is 2.37. The molecule has 0 bridgehead atoms. The SMILES string of the molecule is Cc1ccc2c(c1)Oc1ccccc1C2C(=O)NC1CC[N+](C)(CC2CCCCCCC2)CC1. The molecule has 1 amide bonds. The van der Waals surface area contributed by atoms with Crippen molar-refractivity contribution in [1.82, 2.24) is 5.32 Å². The fraction of sp³-hybridized carbons (Fsp3) is 0.567. The molecule has 2 aromatic rings. The number of amides is 1. The Hall–Kier alpha value is -2.33. The molecule has 2 aliphatic heterocycles. The molecule has 2 heterocycles.